The molecule has 0 aromatic carbocycles. The van der Waals surface area contributed by atoms with Crippen molar-refractivity contribution in [1.29, 1.82) is 0 Å². The summed E-state index contributed by atoms with van der Waals surface area (Å²) in [5.74, 6) is -0.218. The summed E-state index contributed by atoms with van der Waals surface area (Å²) in [6, 6.07) is 0. The molecule has 1 aromatic rings. The third kappa shape index (κ3) is 3.64. The Labute approximate surface area is 144 Å². The molecule has 6 heteroatoms. The number of carbonyl (C=O) groups excluding carboxylic acids is 1. The minimum absolute atomic E-state index is 0.204. The first-order valence-corrected chi connectivity index (χ1v) is 9.14. The third-order valence-corrected chi connectivity index (χ3v) is 5.68. The molecule has 1 spiro atoms. The van der Waals surface area contributed by atoms with Gasteiger partial charge < -0.3 is 10.1 Å². The fraction of sp³-hybridized carbons (Fsp3) is 0.778. The van der Waals surface area contributed by atoms with Crippen LogP contribution in [0.3, 0.4) is 0 Å². The Kier molecular flexibility index (Phi) is 5.25. The molecule has 24 heavy (non-hydrogen) atoms. The van der Waals surface area contributed by atoms with Crippen molar-refractivity contribution >= 4 is 5.97 Å². The van der Waals surface area contributed by atoms with Crippen LogP contribution < -0.4 is 5.32 Å². The van der Waals surface area contributed by atoms with Gasteiger partial charge in [-0.3, -0.25) is 14.4 Å². The lowest BCUT2D eigenvalue weighted by molar-refractivity contribution is -0.144. The van der Waals surface area contributed by atoms with Gasteiger partial charge in [0.1, 0.15) is 6.54 Å². The summed E-state index contributed by atoms with van der Waals surface area (Å²) in [6.07, 6.45) is 3.90. The molecule has 2 fully saturated rings. The molecule has 0 amide bonds. The number of piperidine rings is 1. The van der Waals surface area contributed by atoms with E-state index < -0.39 is 0 Å². The molecular formula is C18H30N4O2. The third-order valence-electron chi connectivity index (χ3n) is 5.68. The molecular weight excluding hydrogens is 304 g/mol. The highest BCUT2D eigenvalue weighted by Gasteiger charge is 2.39. The van der Waals surface area contributed by atoms with E-state index in [-0.39, 0.29) is 12.5 Å². The van der Waals surface area contributed by atoms with Gasteiger partial charge in [0.15, 0.2) is 0 Å². The first-order chi connectivity index (χ1) is 11.5. The van der Waals surface area contributed by atoms with Crippen molar-refractivity contribution in [3.05, 3.63) is 17.0 Å². The smallest absolute Gasteiger partial charge is 0.327 e. The molecule has 0 radical (unpaired) electrons. The largest absolute Gasteiger partial charge is 0.465 e. The van der Waals surface area contributed by atoms with Gasteiger partial charge in [-0.25, -0.2) is 0 Å². The Hall–Kier alpha value is -1.40. The topological polar surface area (TPSA) is 59.4 Å². The van der Waals surface area contributed by atoms with E-state index in [1.807, 2.05) is 13.8 Å². The quantitative estimate of drug-likeness (QED) is 0.830. The van der Waals surface area contributed by atoms with E-state index in [0.717, 1.165) is 31.0 Å². The van der Waals surface area contributed by atoms with Crippen LogP contribution >= 0.6 is 0 Å². The second kappa shape index (κ2) is 7.23. The SMILES string of the molecule is CCOC(=O)Cn1nc(C)c(CN2CCC3(CCNCC3)C2)c1C. The number of rotatable bonds is 5. The van der Waals surface area contributed by atoms with Crippen LogP contribution in [0.4, 0.5) is 0 Å². The second-order valence-corrected chi connectivity index (χ2v) is 7.32. The zero-order valence-corrected chi connectivity index (χ0v) is 15.2. The van der Waals surface area contributed by atoms with Crippen LogP contribution in [0.2, 0.25) is 0 Å². The number of esters is 1. The van der Waals surface area contributed by atoms with Crippen molar-refractivity contribution in [3.63, 3.8) is 0 Å². The number of aryl methyl sites for hydroxylation is 1. The number of aromatic nitrogens is 2. The summed E-state index contributed by atoms with van der Waals surface area (Å²) >= 11 is 0. The van der Waals surface area contributed by atoms with Crippen molar-refractivity contribution in [1.82, 2.24) is 20.0 Å². The normalized spacial score (nSPS) is 20.6. The Balaban J connectivity index is 1.65. The molecule has 134 valence electrons. The summed E-state index contributed by atoms with van der Waals surface area (Å²) in [4.78, 5) is 14.3. The predicted molar refractivity (Wildman–Crippen MR) is 92.8 cm³/mol. The number of carbonyl (C=O) groups is 1. The van der Waals surface area contributed by atoms with Crippen LogP contribution in [-0.4, -0.2) is 53.4 Å². The van der Waals surface area contributed by atoms with Crippen LogP contribution in [0.1, 0.15) is 43.1 Å². The van der Waals surface area contributed by atoms with Gasteiger partial charge in [-0.1, -0.05) is 0 Å². The highest BCUT2D eigenvalue weighted by molar-refractivity contribution is 5.69. The van der Waals surface area contributed by atoms with E-state index in [4.69, 9.17) is 4.74 Å². The lowest BCUT2D eigenvalue weighted by Crippen LogP contribution is -2.38. The molecule has 0 bridgehead atoms. The van der Waals surface area contributed by atoms with E-state index in [0.29, 0.717) is 12.0 Å². The van der Waals surface area contributed by atoms with Crippen molar-refractivity contribution in [2.45, 2.75) is 53.1 Å². The molecule has 0 unspecified atom stereocenters. The maximum Gasteiger partial charge on any atom is 0.327 e. The van der Waals surface area contributed by atoms with E-state index in [1.165, 1.54) is 37.9 Å². The highest BCUT2D eigenvalue weighted by atomic mass is 16.5. The highest BCUT2D eigenvalue weighted by Crippen LogP contribution is 2.39. The van der Waals surface area contributed by atoms with Gasteiger partial charge >= 0.3 is 5.97 Å². The zero-order chi connectivity index (χ0) is 17.2. The lowest BCUT2D eigenvalue weighted by Gasteiger charge is -2.34. The molecule has 1 aromatic heterocycles. The molecule has 2 saturated heterocycles. The van der Waals surface area contributed by atoms with Gasteiger partial charge in [0.05, 0.1) is 12.3 Å². The molecule has 6 nitrogen and oxygen atoms in total. The van der Waals surface area contributed by atoms with Crippen LogP contribution in [0.5, 0.6) is 0 Å². The molecule has 1 N–H and O–H groups in total. The first kappa shape index (κ1) is 17.4. The minimum Gasteiger partial charge on any atom is -0.465 e. The van der Waals surface area contributed by atoms with Crippen LogP contribution in [0.15, 0.2) is 0 Å². The zero-order valence-electron chi connectivity index (χ0n) is 15.2. The number of likely N-dealkylation sites (tertiary alicyclic amines) is 1. The standard InChI is InChI=1S/C18H30N4O2/c1-4-24-17(23)12-22-15(3)16(14(2)20-22)11-21-10-7-18(13-21)5-8-19-9-6-18/h19H,4-13H2,1-3H3. The summed E-state index contributed by atoms with van der Waals surface area (Å²) in [5.41, 5.74) is 3.91. The Morgan fingerprint density at radius 1 is 1.29 bits per heavy atom. The van der Waals surface area contributed by atoms with Gasteiger partial charge in [0.2, 0.25) is 0 Å². The summed E-state index contributed by atoms with van der Waals surface area (Å²) in [7, 11) is 0. The summed E-state index contributed by atoms with van der Waals surface area (Å²) in [5, 5.41) is 8.03. The molecule has 3 heterocycles. The van der Waals surface area contributed by atoms with Gasteiger partial charge in [-0.2, -0.15) is 5.10 Å². The van der Waals surface area contributed by atoms with Crippen molar-refractivity contribution in [2.75, 3.05) is 32.8 Å². The summed E-state index contributed by atoms with van der Waals surface area (Å²) in [6.45, 7) is 12.2. The fourth-order valence-corrected chi connectivity index (χ4v) is 4.20. The predicted octanol–water partition coefficient (Wildman–Crippen LogP) is 1.64. The van der Waals surface area contributed by atoms with Gasteiger partial charge in [-0.05, 0) is 65.1 Å². The van der Waals surface area contributed by atoms with Crippen molar-refractivity contribution < 1.29 is 9.53 Å². The average molecular weight is 334 g/mol. The Bertz CT molecular complexity index is 590. The maximum absolute atomic E-state index is 11.7. The Morgan fingerprint density at radius 3 is 2.75 bits per heavy atom. The number of hydrogen-bond acceptors (Lipinski definition) is 5. The first-order valence-electron chi connectivity index (χ1n) is 9.14. The van der Waals surface area contributed by atoms with Crippen molar-refractivity contribution in [3.8, 4) is 0 Å². The second-order valence-electron chi connectivity index (χ2n) is 7.32. The Morgan fingerprint density at radius 2 is 2.04 bits per heavy atom. The molecule has 2 aliphatic heterocycles. The molecule has 2 aliphatic rings. The van der Waals surface area contributed by atoms with E-state index >= 15 is 0 Å². The van der Waals surface area contributed by atoms with Crippen LogP contribution in [0.25, 0.3) is 0 Å². The van der Waals surface area contributed by atoms with Gasteiger partial charge in [0.25, 0.3) is 0 Å². The molecule has 0 saturated carbocycles. The monoisotopic (exact) mass is 334 g/mol. The fourth-order valence-electron chi connectivity index (χ4n) is 4.20. The van der Waals surface area contributed by atoms with Crippen LogP contribution in [0, 0.1) is 19.3 Å². The number of nitrogens with one attached hydrogen (secondary N) is 1. The number of ether oxygens (including phenoxy) is 1. The lowest BCUT2D eigenvalue weighted by atomic mass is 9.78. The van der Waals surface area contributed by atoms with Gasteiger partial charge in [-0.15, -0.1) is 0 Å². The minimum atomic E-state index is -0.218. The van der Waals surface area contributed by atoms with Crippen molar-refractivity contribution in [2.24, 2.45) is 5.41 Å². The van der Waals surface area contributed by atoms with Gasteiger partial charge in [0, 0.05) is 24.3 Å². The molecule has 0 atom stereocenters. The van der Waals surface area contributed by atoms with Crippen LogP contribution in [-0.2, 0) is 22.6 Å². The number of nitrogens with zero attached hydrogens (tertiary/aromatic N) is 3. The van der Waals surface area contributed by atoms with E-state index in [9.17, 15) is 4.79 Å². The number of hydrogen-bond donors (Lipinski definition) is 1. The molecule has 3 rings (SSSR count). The van der Waals surface area contributed by atoms with E-state index in [2.05, 4.69) is 22.2 Å². The maximum atomic E-state index is 11.7. The summed E-state index contributed by atoms with van der Waals surface area (Å²) < 4.78 is 6.83. The average Bonchev–Trinajstić information content (AvgIpc) is 3.05. The molecule has 0 aliphatic carbocycles. The van der Waals surface area contributed by atoms with E-state index in [1.54, 1.807) is 4.68 Å².